The Balaban J connectivity index is 1.61. The molecule has 3 rings (SSSR count). The van der Waals surface area contributed by atoms with Crippen LogP contribution in [-0.4, -0.2) is 47.8 Å². The molecule has 1 fully saturated rings. The molecule has 0 unspecified atom stereocenters. The number of benzene rings is 1. The van der Waals surface area contributed by atoms with Crippen molar-refractivity contribution in [3.63, 3.8) is 0 Å². The van der Waals surface area contributed by atoms with Crippen molar-refractivity contribution in [3.05, 3.63) is 56.9 Å². The summed E-state index contributed by atoms with van der Waals surface area (Å²) >= 11 is 6.55. The molecule has 0 radical (unpaired) electrons. The lowest BCUT2D eigenvalue weighted by Gasteiger charge is -2.34. The number of halogens is 2. The SMILES string of the molecule is O=C(c1ccc(Br)cc1)N1CCN(C(=O)c2ccc(Br)o2)CC1. The molecule has 1 aromatic carbocycles. The number of hydrogen-bond acceptors (Lipinski definition) is 3. The lowest BCUT2D eigenvalue weighted by atomic mass is 10.2. The van der Waals surface area contributed by atoms with Crippen molar-refractivity contribution in [2.24, 2.45) is 0 Å². The quantitative estimate of drug-likeness (QED) is 0.717. The lowest BCUT2D eigenvalue weighted by molar-refractivity contribution is 0.0517. The van der Waals surface area contributed by atoms with Gasteiger partial charge in [-0.1, -0.05) is 15.9 Å². The Morgan fingerprint density at radius 1 is 0.826 bits per heavy atom. The minimum atomic E-state index is -0.147. The second kappa shape index (κ2) is 6.88. The van der Waals surface area contributed by atoms with E-state index < -0.39 is 0 Å². The molecule has 0 spiro atoms. The predicted molar refractivity (Wildman–Crippen MR) is 92.4 cm³/mol. The molecule has 5 nitrogen and oxygen atoms in total. The van der Waals surface area contributed by atoms with Crippen LogP contribution in [0.2, 0.25) is 0 Å². The van der Waals surface area contributed by atoms with Crippen molar-refractivity contribution in [3.8, 4) is 0 Å². The summed E-state index contributed by atoms with van der Waals surface area (Å²) < 4.78 is 6.77. The summed E-state index contributed by atoms with van der Waals surface area (Å²) in [5, 5.41) is 0. The minimum absolute atomic E-state index is 0.00894. The molecule has 7 heteroatoms. The van der Waals surface area contributed by atoms with Crippen LogP contribution in [0.25, 0.3) is 0 Å². The fourth-order valence-corrected chi connectivity index (χ4v) is 3.04. The summed E-state index contributed by atoms with van der Waals surface area (Å²) in [4.78, 5) is 28.2. The van der Waals surface area contributed by atoms with Crippen LogP contribution in [0.1, 0.15) is 20.9 Å². The van der Waals surface area contributed by atoms with Gasteiger partial charge in [-0.3, -0.25) is 9.59 Å². The maximum absolute atomic E-state index is 12.4. The molecule has 1 aliphatic rings. The highest BCUT2D eigenvalue weighted by molar-refractivity contribution is 9.10. The molecular weight excluding hydrogens is 428 g/mol. The second-order valence-electron chi connectivity index (χ2n) is 5.20. The van der Waals surface area contributed by atoms with Crippen molar-refractivity contribution in [2.45, 2.75) is 0 Å². The first-order valence-electron chi connectivity index (χ1n) is 7.14. The smallest absolute Gasteiger partial charge is 0.289 e. The number of amides is 2. The van der Waals surface area contributed by atoms with E-state index in [1.165, 1.54) is 0 Å². The fourth-order valence-electron chi connectivity index (χ4n) is 2.47. The van der Waals surface area contributed by atoms with Crippen LogP contribution in [0.15, 0.2) is 50.0 Å². The van der Waals surface area contributed by atoms with Crippen LogP contribution in [-0.2, 0) is 0 Å². The Labute approximate surface area is 150 Å². The standard InChI is InChI=1S/C16H14Br2N2O3/c17-12-3-1-11(2-4-12)15(21)19-7-9-20(10-8-19)16(22)13-5-6-14(18)23-13/h1-6H,7-10H2. The monoisotopic (exact) mass is 440 g/mol. The van der Waals surface area contributed by atoms with Gasteiger partial charge in [-0.2, -0.15) is 0 Å². The van der Waals surface area contributed by atoms with Gasteiger partial charge in [0.25, 0.3) is 11.8 Å². The van der Waals surface area contributed by atoms with E-state index in [0.717, 1.165) is 4.47 Å². The van der Waals surface area contributed by atoms with Crippen LogP contribution >= 0.6 is 31.9 Å². The number of furan rings is 1. The molecule has 0 aliphatic carbocycles. The average molecular weight is 442 g/mol. The first-order chi connectivity index (χ1) is 11.0. The molecule has 1 aromatic heterocycles. The van der Waals surface area contributed by atoms with Crippen LogP contribution in [0.5, 0.6) is 0 Å². The summed E-state index contributed by atoms with van der Waals surface area (Å²) in [5.41, 5.74) is 0.656. The third-order valence-electron chi connectivity index (χ3n) is 3.73. The summed E-state index contributed by atoms with van der Waals surface area (Å²) in [7, 11) is 0. The third kappa shape index (κ3) is 3.67. The zero-order chi connectivity index (χ0) is 16.4. The molecule has 2 heterocycles. The normalized spacial score (nSPS) is 14.9. The molecule has 2 amide bonds. The Bertz CT molecular complexity index is 719. The Morgan fingerprint density at radius 3 is 1.91 bits per heavy atom. The zero-order valence-corrected chi connectivity index (χ0v) is 15.3. The molecule has 1 aliphatic heterocycles. The summed E-state index contributed by atoms with van der Waals surface area (Å²) in [6.45, 7) is 2.03. The zero-order valence-electron chi connectivity index (χ0n) is 12.2. The minimum Gasteiger partial charge on any atom is -0.444 e. The van der Waals surface area contributed by atoms with Crippen LogP contribution in [0.3, 0.4) is 0 Å². The van der Waals surface area contributed by atoms with Gasteiger partial charge in [0.15, 0.2) is 10.4 Å². The summed E-state index contributed by atoms with van der Waals surface area (Å²) in [6, 6.07) is 10.6. The predicted octanol–water partition coefficient (Wildman–Crippen LogP) is 3.40. The number of carbonyl (C=O) groups is 2. The van der Waals surface area contributed by atoms with Crippen LogP contribution in [0.4, 0.5) is 0 Å². The molecule has 120 valence electrons. The van der Waals surface area contributed by atoms with Crippen molar-refractivity contribution >= 4 is 43.7 Å². The second-order valence-corrected chi connectivity index (χ2v) is 6.89. The molecule has 0 bridgehead atoms. The van der Waals surface area contributed by atoms with E-state index in [4.69, 9.17) is 4.42 Å². The van der Waals surface area contributed by atoms with Gasteiger partial charge in [0.2, 0.25) is 0 Å². The highest BCUT2D eigenvalue weighted by Crippen LogP contribution is 2.18. The maximum Gasteiger partial charge on any atom is 0.289 e. The average Bonchev–Trinajstić information content (AvgIpc) is 3.01. The van der Waals surface area contributed by atoms with Gasteiger partial charge in [0.05, 0.1) is 0 Å². The van der Waals surface area contributed by atoms with Crippen molar-refractivity contribution in [2.75, 3.05) is 26.2 Å². The third-order valence-corrected chi connectivity index (χ3v) is 4.68. The molecular formula is C16H14Br2N2O3. The van der Waals surface area contributed by atoms with Crippen molar-refractivity contribution in [1.82, 2.24) is 9.80 Å². The first kappa shape index (κ1) is 16.3. The summed E-state index contributed by atoms with van der Waals surface area (Å²) in [6.07, 6.45) is 0. The molecule has 0 saturated carbocycles. The highest BCUT2D eigenvalue weighted by atomic mass is 79.9. The topological polar surface area (TPSA) is 53.8 Å². The van der Waals surface area contributed by atoms with Crippen LogP contribution in [0, 0.1) is 0 Å². The summed E-state index contributed by atoms with van der Waals surface area (Å²) in [5.74, 6) is 0.154. The van der Waals surface area contributed by atoms with E-state index in [-0.39, 0.29) is 11.8 Å². The Hall–Kier alpha value is -1.60. The van der Waals surface area contributed by atoms with Gasteiger partial charge in [-0.25, -0.2) is 0 Å². The van der Waals surface area contributed by atoms with Gasteiger partial charge in [-0.15, -0.1) is 0 Å². The van der Waals surface area contributed by atoms with Gasteiger partial charge < -0.3 is 14.2 Å². The molecule has 1 saturated heterocycles. The van der Waals surface area contributed by atoms with Gasteiger partial charge in [0.1, 0.15) is 0 Å². The van der Waals surface area contributed by atoms with E-state index in [1.54, 1.807) is 34.1 Å². The van der Waals surface area contributed by atoms with Gasteiger partial charge >= 0.3 is 0 Å². The van der Waals surface area contributed by atoms with Crippen LogP contribution < -0.4 is 0 Å². The number of carbonyl (C=O) groups excluding carboxylic acids is 2. The van der Waals surface area contributed by atoms with E-state index >= 15 is 0 Å². The fraction of sp³-hybridized carbons (Fsp3) is 0.250. The molecule has 0 N–H and O–H groups in total. The lowest BCUT2D eigenvalue weighted by Crippen LogP contribution is -2.50. The molecule has 2 aromatic rings. The molecule has 23 heavy (non-hydrogen) atoms. The van der Waals surface area contributed by atoms with E-state index in [2.05, 4.69) is 31.9 Å². The number of nitrogens with zero attached hydrogens (tertiary/aromatic N) is 2. The van der Waals surface area contributed by atoms with Crippen molar-refractivity contribution < 1.29 is 14.0 Å². The van der Waals surface area contributed by atoms with Gasteiger partial charge in [0, 0.05) is 36.2 Å². The largest absolute Gasteiger partial charge is 0.444 e. The van der Waals surface area contributed by atoms with E-state index in [1.807, 2.05) is 12.1 Å². The van der Waals surface area contributed by atoms with Gasteiger partial charge in [-0.05, 0) is 52.3 Å². The van der Waals surface area contributed by atoms with E-state index in [9.17, 15) is 9.59 Å². The maximum atomic E-state index is 12.4. The highest BCUT2D eigenvalue weighted by Gasteiger charge is 2.26. The van der Waals surface area contributed by atoms with Crippen molar-refractivity contribution in [1.29, 1.82) is 0 Å². The molecule has 0 atom stereocenters. The Kier molecular flexibility index (Phi) is 4.87. The number of hydrogen-bond donors (Lipinski definition) is 0. The Morgan fingerprint density at radius 2 is 1.39 bits per heavy atom. The van der Waals surface area contributed by atoms with E-state index in [0.29, 0.717) is 42.2 Å². The first-order valence-corrected chi connectivity index (χ1v) is 8.72. The number of piperazine rings is 1. The number of rotatable bonds is 2.